The van der Waals surface area contributed by atoms with Gasteiger partial charge in [-0.15, -0.1) is 11.3 Å². The Bertz CT molecular complexity index is 850. The van der Waals surface area contributed by atoms with Gasteiger partial charge in [0.2, 0.25) is 11.8 Å². The summed E-state index contributed by atoms with van der Waals surface area (Å²) < 4.78 is 0.469. The SMILES string of the molecule is CCC1SC(=S)N(CC(=O)Nc2ncc(Cc3cccc(C)c3)s2)C1=O. The quantitative estimate of drug-likeness (QED) is 0.744. The first-order valence-corrected chi connectivity index (χ1v) is 10.4. The number of hydrogen-bond donors (Lipinski definition) is 1. The fourth-order valence-corrected chi connectivity index (χ4v) is 4.96. The zero-order chi connectivity index (χ0) is 18.7. The molecule has 26 heavy (non-hydrogen) atoms. The minimum Gasteiger partial charge on any atom is -0.300 e. The normalized spacial score (nSPS) is 17.0. The second kappa shape index (κ2) is 8.28. The Morgan fingerprint density at radius 1 is 1.42 bits per heavy atom. The lowest BCUT2D eigenvalue weighted by Crippen LogP contribution is -2.38. The van der Waals surface area contributed by atoms with Crippen molar-refractivity contribution in [3.63, 3.8) is 0 Å². The second-order valence-corrected chi connectivity index (χ2v) is 9.00. The average Bonchev–Trinajstić information content (AvgIpc) is 3.13. The number of carbonyl (C=O) groups is 2. The number of carbonyl (C=O) groups excluding carboxylic acids is 2. The Kier molecular flexibility index (Phi) is 6.05. The van der Waals surface area contributed by atoms with Gasteiger partial charge in [-0.05, 0) is 18.9 Å². The van der Waals surface area contributed by atoms with Gasteiger partial charge in [-0.2, -0.15) is 0 Å². The highest BCUT2D eigenvalue weighted by atomic mass is 32.2. The molecule has 1 fully saturated rings. The van der Waals surface area contributed by atoms with Crippen LogP contribution in [0, 0.1) is 6.92 Å². The van der Waals surface area contributed by atoms with Crippen molar-refractivity contribution in [3.8, 4) is 0 Å². The Balaban J connectivity index is 1.58. The summed E-state index contributed by atoms with van der Waals surface area (Å²) in [5, 5.41) is 3.13. The standard InChI is InChI=1S/C18H19N3O2S3/c1-3-14-16(23)21(18(24)26-14)10-15(22)20-17-19-9-13(25-17)8-12-6-4-5-11(2)7-12/h4-7,9,14H,3,8,10H2,1-2H3,(H,19,20,22). The minimum absolute atomic E-state index is 0.0615. The lowest BCUT2D eigenvalue weighted by Gasteiger charge is -2.14. The Morgan fingerprint density at radius 3 is 2.92 bits per heavy atom. The first-order chi connectivity index (χ1) is 12.5. The molecule has 1 unspecified atom stereocenters. The lowest BCUT2D eigenvalue weighted by atomic mass is 10.1. The number of nitrogens with zero attached hydrogens (tertiary/aromatic N) is 2. The van der Waals surface area contributed by atoms with Gasteiger partial charge in [-0.1, -0.05) is 60.7 Å². The molecule has 0 radical (unpaired) electrons. The molecular weight excluding hydrogens is 386 g/mol. The Hall–Kier alpha value is -1.77. The molecule has 1 atom stereocenters. The van der Waals surface area contributed by atoms with Crippen molar-refractivity contribution < 1.29 is 9.59 Å². The number of anilines is 1. The summed E-state index contributed by atoms with van der Waals surface area (Å²) >= 11 is 8.00. The molecule has 1 aliphatic heterocycles. The molecule has 2 heterocycles. The summed E-state index contributed by atoms with van der Waals surface area (Å²) in [5.41, 5.74) is 2.43. The Morgan fingerprint density at radius 2 is 2.23 bits per heavy atom. The van der Waals surface area contributed by atoms with Crippen LogP contribution in [0.25, 0.3) is 0 Å². The number of thioether (sulfide) groups is 1. The number of hydrogen-bond acceptors (Lipinski definition) is 6. The van der Waals surface area contributed by atoms with Gasteiger partial charge >= 0.3 is 0 Å². The number of amides is 2. The molecule has 5 nitrogen and oxygen atoms in total. The molecular formula is C18H19N3O2S3. The van der Waals surface area contributed by atoms with Crippen molar-refractivity contribution in [2.24, 2.45) is 0 Å². The number of aromatic nitrogens is 1. The number of thiazole rings is 1. The number of aryl methyl sites for hydroxylation is 1. The largest absolute Gasteiger partial charge is 0.300 e. The van der Waals surface area contributed by atoms with E-state index >= 15 is 0 Å². The molecule has 1 saturated heterocycles. The van der Waals surface area contributed by atoms with Gasteiger partial charge in [0.25, 0.3) is 0 Å². The molecule has 1 aromatic heterocycles. The maximum Gasteiger partial charge on any atom is 0.246 e. The molecule has 1 N–H and O–H groups in total. The topological polar surface area (TPSA) is 62.3 Å². The van der Waals surface area contributed by atoms with E-state index in [1.165, 1.54) is 39.1 Å². The molecule has 2 amide bonds. The van der Waals surface area contributed by atoms with Crippen LogP contribution in [0.15, 0.2) is 30.5 Å². The summed E-state index contributed by atoms with van der Waals surface area (Å²) in [6, 6.07) is 8.31. The van der Waals surface area contributed by atoms with E-state index in [0.29, 0.717) is 15.9 Å². The van der Waals surface area contributed by atoms with Gasteiger partial charge in [0.05, 0.1) is 5.25 Å². The van der Waals surface area contributed by atoms with Crippen molar-refractivity contribution in [1.29, 1.82) is 0 Å². The highest BCUT2D eigenvalue weighted by Crippen LogP contribution is 2.29. The minimum atomic E-state index is -0.283. The summed E-state index contributed by atoms with van der Waals surface area (Å²) in [7, 11) is 0. The van der Waals surface area contributed by atoms with Crippen molar-refractivity contribution in [1.82, 2.24) is 9.88 Å². The molecule has 0 aliphatic carbocycles. The maximum atomic E-state index is 12.3. The molecule has 136 valence electrons. The van der Waals surface area contributed by atoms with Gasteiger partial charge in [0.1, 0.15) is 10.9 Å². The van der Waals surface area contributed by atoms with E-state index in [1.807, 2.05) is 13.0 Å². The van der Waals surface area contributed by atoms with Crippen molar-refractivity contribution in [3.05, 3.63) is 46.5 Å². The predicted molar refractivity (Wildman–Crippen MR) is 111 cm³/mol. The van der Waals surface area contributed by atoms with Crippen molar-refractivity contribution >= 4 is 56.6 Å². The van der Waals surface area contributed by atoms with Crippen LogP contribution in [-0.2, 0) is 16.0 Å². The first-order valence-electron chi connectivity index (χ1n) is 8.28. The third kappa shape index (κ3) is 4.49. The van der Waals surface area contributed by atoms with E-state index in [1.54, 1.807) is 6.20 Å². The van der Waals surface area contributed by atoms with E-state index in [2.05, 4.69) is 35.4 Å². The predicted octanol–water partition coefficient (Wildman–Crippen LogP) is 3.62. The lowest BCUT2D eigenvalue weighted by molar-refractivity contribution is -0.129. The van der Waals surface area contributed by atoms with Gasteiger partial charge < -0.3 is 5.32 Å². The van der Waals surface area contributed by atoms with E-state index < -0.39 is 0 Å². The van der Waals surface area contributed by atoms with Gasteiger partial charge in [-0.3, -0.25) is 14.5 Å². The smallest absolute Gasteiger partial charge is 0.246 e. The van der Waals surface area contributed by atoms with Crippen LogP contribution in [0.4, 0.5) is 5.13 Å². The van der Waals surface area contributed by atoms with Crippen LogP contribution in [-0.4, -0.2) is 37.8 Å². The summed E-state index contributed by atoms with van der Waals surface area (Å²) in [6.45, 7) is 3.94. The summed E-state index contributed by atoms with van der Waals surface area (Å²) in [5.74, 6) is -0.369. The van der Waals surface area contributed by atoms with Gasteiger partial charge in [0, 0.05) is 17.5 Å². The first kappa shape index (κ1) is 19.0. The van der Waals surface area contributed by atoms with E-state index in [-0.39, 0.29) is 23.6 Å². The van der Waals surface area contributed by atoms with Crippen LogP contribution in [0.2, 0.25) is 0 Å². The molecule has 3 rings (SSSR count). The number of benzene rings is 1. The van der Waals surface area contributed by atoms with Crippen LogP contribution in [0.1, 0.15) is 29.3 Å². The fraction of sp³-hybridized carbons (Fsp3) is 0.333. The van der Waals surface area contributed by atoms with Crippen molar-refractivity contribution in [2.75, 3.05) is 11.9 Å². The van der Waals surface area contributed by atoms with Gasteiger partial charge in [0.15, 0.2) is 5.13 Å². The van der Waals surface area contributed by atoms with E-state index in [4.69, 9.17) is 12.2 Å². The molecule has 2 aromatic rings. The number of rotatable bonds is 6. The molecule has 8 heteroatoms. The molecule has 0 spiro atoms. The zero-order valence-electron chi connectivity index (χ0n) is 14.5. The van der Waals surface area contributed by atoms with E-state index in [9.17, 15) is 9.59 Å². The molecule has 0 saturated carbocycles. The molecule has 1 aliphatic rings. The van der Waals surface area contributed by atoms with Crippen LogP contribution in [0.5, 0.6) is 0 Å². The van der Waals surface area contributed by atoms with Crippen molar-refractivity contribution in [2.45, 2.75) is 31.9 Å². The Labute approximate surface area is 166 Å². The summed E-state index contributed by atoms with van der Waals surface area (Å²) in [6.07, 6.45) is 3.26. The molecule has 1 aromatic carbocycles. The fourth-order valence-electron chi connectivity index (χ4n) is 2.67. The van der Waals surface area contributed by atoms with Crippen LogP contribution < -0.4 is 5.32 Å². The highest BCUT2D eigenvalue weighted by Gasteiger charge is 2.36. The number of nitrogens with one attached hydrogen (secondary N) is 1. The third-order valence-corrected chi connectivity index (χ3v) is 6.60. The zero-order valence-corrected chi connectivity index (χ0v) is 17.0. The third-order valence-electron chi connectivity index (χ3n) is 3.94. The average molecular weight is 406 g/mol. The van der Waals surface area contributed by atoms with Gasteiger partial charge in [-0.25, -0.2) is 4.98 Å². The van der Waals surface area contributed by atoms with Crippen LogP contribution in [0.3, 0.4) is 0 Å². The highest BCUT2D eigenvalue weighted by molar-refractivity contribution is 8.24. The molecule has 0 bridgehead atoms. The van der Waals surface area contributed by atoms with Crippen LogP contribution >= 0.6 is 35.3 Å². The second-order valence-electron chi connectivity index (χ2n) is 6.05. The summed E-state index contributed by atoms with van der Waals surface area (Å²) in [4.78, 5) is 31.2. The van der Waals surface area contributed by atoms with E-state index in [0.717, 1.165) is 11.3 Å². The number of thiocarbonyl (C=S) groups is 1. The maximum absolute atomic E-state index is 12.3. The monoisotopic (exact) mass is 405 g/mol.